The van der Waals surface area contributed by atoms with Crippen molar-refractivity contribution in [2.45, 2.75) is 12.8 Å². The van der Waals surface area contributed by atoms with Gasteiger partial charge in [-0.2, -0.15) is 23.8 Å². The first-order valence-electron chi connectivity index (χ1n) is 4.44. The zero-order valence-electron chi connectivity index (χ0n) is 7.27. The zero-order chi connectivity index (χ0) is 8.39. The first kappa shape index (κ1) is 7.48. The van der Waals surface area contributed by atoms with Crippen LogP contribution in [-0.2, 0) is 0 Å². The molecule has 12 heavy (non-hydrogen) atoms. The topological polar surface area (TPSA) is 0 Å². The normalized spacial score (nSPS) is 18.8. The zero-order valence-corrected chi connectivity index (χ0v) is 7.27. The summed E-state index contributed by atoms with van der Waals surface area (Å²) in [6.45, 7) is 2.28. The van der Waals surface area contributed by atoms with Crippen LogP contribution in [-0.4, -0.2) is 0 Å². The summed E-state index contributed by atoms with van der Waals surface area (Å²) in [5.41, 5.74) is 1.44. The van der Waals surface area contributed by atoms with Gasteiger partial charge >= 0.3 is 0 Å². The Kier molecular flexibility index (Phi) is 1.91. The average Bonchev–Trinajstić information content (AvgIpc) is 2.77. The van der Waals surface area contributed by atoms with Crippen molar-refractivity contribution < 1.29 is 0 Å². The molecule has 0 fully saturated rings. The summed E-state index contributed by atoms with van der Waals surface area (Å²) in [5, 5.41) is 0. The molecule has 62 valence electrons. The lowest BCUT2D eigenvalue weighted by Gasteiger charge is -2.19. The molecule has 0 saturated heterocycles. The third kappa shape index (κ3) is 1.25. The van der Waals surface area contributed by atoms with Gasteiger partial charge in [0.1, 0.15) is 0 Å². The molecule has 0 heteroatoms. The van der Waals surface area contributed by atoms with Crippen molar-refractivity contribution in [1.29, 1.82) is 0 Å². The van der Waals surface area contributed by atoms with Crippen molar-refractivity contribution in [2.75, 3.05) is 0 Å². The van der Waals surface area contributed by atoms with Crippen LogP contribution in [0, 0.1) is 5.92 Å². The molecule has 0 heterocycles. The fourth-order valence-corrected chi connectivity index (χ4v) is 1.70. The van der Waals surface area contributed by atoms with E-state index in [1.165, 1.54) is 5.56 Å². The molecule has 0 aliphatic heterocycles. The number of rotatable bonds is 2. The van der Waals surface area contributed by atoms with Crippen LogP contribution >= 0.6 is 0 Å². The molecular formula is C12H13-. The fourth-order valence-electron chi connectivity index (χ4n) is 1.70. The van der Waals surface area contributed by atoms with Crippen LogP contribution in [0.3, 0.4) is 0 Å². The Labute approximate surface area is 73.6 Å². The third-order valence-electron chi connectivity index (χ3n) is 2.57. The summed E-state index contributed by atoms with van der Waals surface area (Å²) >= 11 is 0. The van der Waals surface area contributed by atoms with Crippen molar-refractivity contribution in [2.24, 2.45) is 5.92 Å². The van der Waals surface area contributed by atoms with Crippen LogP contribution in [0.2, 0.25) is 0 Å². The second kappa shape index (κ2) is 3.06. The Morgan fingerprint density at radius 2 is 2.08 bits per heavy atom. The predicted molar refractivity (Wildman–Crippen MR) is 52.2 cm³/mol. The molecule has 1 aromatic carbocycles. The molecule has 0 radical (unpaired) electrons. The molecule has 1 aliphatic rings. The Bertz CT molecular complexity index is 276. The summed E-state index contributed by atoms with van der Waals surface area (Å²) in [4.78, 5) is 0. The van der Waals surface area contributed by atoms with Crippen molar-refractivity contribution in [3.8, 4) is 0 Å². The second-order valence-electron chi connectivity index (χ2n) is 3.35. The predicted octanol–water partition coefficient (Wildman–Crippen LogP) is 3.25. The van der Waals surface area contributed by atoms with E-state index in [2.05, 4.69) is 55.5 Å². The van der Waals surface area contributed by atoms with Gasteiger partial charge in [0.2, 0.25) is 0 Å². The van der Waals surface area contributed by atoms with E-state index < -0.39 is 0 Å². The molecule has 0 aromatic heterocycles. The number of hydrogen-bond acceptors (Lipinski definition) is 0. The Morgan fingerprint density at radius 3 is 2.67 bits per heavy atom. The van der Waals surface area contributed by atoms with Gasteiger partial charge in [-0.3, -0.25) is 0 Å². The van der Waals surface area contributed by atoms with Gasteiger partial charge in [0.25, 0.3) is 0 Å². The minimum Gasteiger partial charge on any atom is -0.210 e. The lowest BCUT2D eigenvalue weighted by atomic mass is 9.90. The molecule has 0 bridgehead atoms. The standard InChI is InChI=1S/C12H13/c1-10(11-6-2-3-7-11)12-8-4-5-9-12/h2-11H,1H3/q-1. The number of hydrogen-bond donors (Lipinski definition) is 0. The van der Waals surface area contributed by atoms with E-state index in [0.29, 0.717) is 11.8 Å². The molecule has 1 unspecified atom stereocenters. The van der Waals surface area contributed by atoms with Gasteiger partial charge in [0.15, 0.2) is 0 Å². The van der Waals surface area contributed by atoms with Gasteiger partial charge in [-0.1, -0.05) is 37.1 Å². The van der Waals surface area contributed by atoms with Crippen molar-refractivity contribution in [3.63, 3.8) is 0 Å². The van der Waals surface area contributed by atoms with Crippen LogP contribution in [0.15, 0.2) is 48.6 Å². The lowest BCUT2D eigenvalue weighted by Crippen LogP contribution is -2.01. The first-order chi connectivity index (χ1) is 5.88. The summed E-state index contributed by atoms with van der Waals surface area (Å²) in [7, 11) is 0. The average molecular weight is 157 g/mol. The lowest BCUT2D eigenvalue weighted by molar-refractivity contribution is 0.655. The molecule has 1 aliphatic carbocycles. The maximum atomic E-state index is 2.28. The molecule has 0 nitrogen and oxygen atoms in total. The van der Waals surface area contributed by atoms with Gasteiger partial charge in [-0.25, -0.2) is 6.07 Å². The highest BCUT2D eigenvalue weighted by atomic mass is 14.2. The van der Waals surface area contributed by atoms with E-state index in [1.807, 2.05) is 0 Å². The monoisotopic (exact) mass is 157 g/mol. The van der Waals surface area contributed by atoms with Crippen LogP contribution in [0.4, 0.5) is 0 Å². The summed E-state index contributed by atoms with van der Waals surface area (Å²) in [6, 6.07) is 8.61. The second-order valence-corrected chi connectivity index (χ2v) is 3.35. The highest BCUT2D eigenvalue weighted by Gasteiger charge is 2.10. The summed E-state index contributed by atoms with van der Waals surface area (Å²) < 4.78 is 0. The van der Waals surface area contributed by atoms with E-state index >= 15 is 0 Å². The van der Waals surface area contributed by atoms with Crippen molar-refractivity contribution in [3.05, 3.63) is 54.1 Å². The van der Waals surface area contributed by atoms with Gasteiger partial charge in [-0.15, -0.1) is 0 Å². The summed E-state index contributed by atoms with van der Waals surface area (Å²) in [5.74, 6) is 1.22. The maximum Gasteiger partial charge on any atom is -0.00954 e. The van der Waals surface area contributed by atoms with Gasteiger partial charge in [-0.05, 0) is 5.92 Å². The van der Waals surface area contributed by atoms with E-state index in [1.54, 1.807) is 0 Å². The highest BCUT2D eigenvalue weighted by molar-refractivity contribution is 5.28. The van der Waals surface area contributed by atoms with E-state index in [9.17, 15) is 0 Å². The first-order valence-corrected chi connectivity index (χ1v) is 4.44. The number of allylic oxidation sites excluding steroid dienone is 4. The largest absolute Gasteiger partial charge is 0.210 e. The molecule has 2 rings (SSSR count). The van der Waals surface area contributed by atoms with Gasteiger partial charge < -0.3 is 0 Å². The third-order valence-corrected chi connectivity index (χ3v) is 2.57. The molecule has 0 amide bonds. The smallest absolute Gasteiger partial charge is 0.00954 e. The van der Waals surface area contributed by atoms with Crippen molar-refractivity contribution >= 4 is 0 Å². The minimum atomic E-state index is 0.604. The van der Waals surface area contributed by atoms with Crippen molar-refractivity contribution in [1.82, 2.24) is 0 Å². The quantitative estimate of drug-likeness (QED) is 0.578. The Balaban J connectivity index is 2.15. The molecule has 1 aromatic rings. The van der Waals surface area contributed by atoms with Crippen LogP contribution < -0.4 is 0 Å². The molecular weight excluding hydrogens is 144 g/mol. The Morgan fingerprint density at radius 1 is 1.33 bits per heavy atom. The van der Waals surface area contributed by atoms with Crippen LogP contribution in [0.25, 0.3) is 0 Å². The SMILES string of the molecule is CC(c1cc[cH-]c1)C1C=CC=C1. The summed E-state index contributed by atoms with van der Waals surface area (Å²) in [6.07, 6.45) is 8.78. The van der Waals surface area contributed by atoms with Crippen LogP contribution in [0.1, 0.15) is 18.4 Å². The molecule has 0 N–H and O–H groups in total. The highest BCUT2D eigenvalue weighted by Crippen LogP contribution is 2.28. The molecule has 0 saturated carbocycles. The van der Waals surface area contributed by atoms with E-state index in [0.717, 1.165) is 0 Å². The maximum absolute atomic E-state index is 2.28. The Hall–Kier alpha value is -1.17. The van der Waals surface area contributed by atoms with E-state index in [-0.39, 0.29) is 0 Å². The van der Waals surface area contributed by atoms with Gasteiger partial charge in [0.05, 0.1) is 0 Å². The molecule has 1 atom stereocenters. The van der Waals surface area contributed by atoms with Crippen LogP contribution in [0.5, 0.6) is 0 Å². The van der Waals surface area contributed by atoms with E-state index in [4.69, 9.17) is 0 Å². The fraction of sp³-hybridized carbons (Fsp3) is 0.250. The minimum absolute atomic E-state index is 0.604. The van der Waals surface area contributed by atoms with Gasteiger partial charge in [0, 0.05) is 0 Å². The molecule has 0 spiro atoms.